The van der Waals surface area contributed by atoms with Crippen LogP contribution < -0.4 is 28.2 Å². The molecule has 0 aliphatic carbocycles. The third-order valence-corrected chi connectivity index (χ3v) is 13.7. The van der Waals surface area contributed by atoms with Gasteiger partial charge in [-0.1, -0.05) is 44.2 Å². The second-order valence-corrected chi connectivity index (χ2v) is 17.9. The number of benzene rings is 4. The summed E-state index contributed by atoms with van der Waals surface area (Å²) in [6.45, 7) is 4.00. The van der Waals surface area contributed by atoms with Crippen LogP contribution in [0.1, 0.15) is 36.6 Å². The Labute approximate surface area is 422 Å². The zero-order valence-corrected chi connectivity index (χ0v) is 41.3. The molecule has 0 saturated heterocycles. The molecule has 0 amide bonds. The molecule has 8 bridgehead atoms. The smallest absolute Gasteiger partial charge is 0.657 e. The third-order valence-electron chi connectivity index (χ3n) is 13.7. The van der Waals surface area contributed by atoms with Gasteiger partial charge in [-0.2, -0.15) is 0 Å². The summed E-state index contributed by atoms with van der Waals surface area (Å²) in [4.78, 5) is 22.3. The summed E-state index contributed by atoms with van der Waals surface area (Å²) in [6.07, 6.45) is 16.9. The van der Waals surface area contributed by atoms with Crippen molar-refractivity contribution >= 4 is 90.0 Å². The average molecular weight is 971 g/mol. The predicted molar refractivity (Wildman–Crippen MR) is 285 cm³/mol. The maximum absolute atomic E-state index is 5.58. The molecular formula is C62H50CuN8+4. The number of aromatic nitrogens is 8. The molecule has 0 atom stereocenters. The number of rotatable bonds is 4. The molecule has 0 unspecified atom stereocenters. The van der Waals surface area contributed by atoms with Crippen LogP contribution in [-0.4, -0.2) is 9.97 Å². The van der Waals surface area contributed by atoms with Crippen LogP contribution in [0.2, 0.25) is 0 Å². The van der Waals surface area contributed by atoms with Crippen molar-refractivity contribution in [3.8, 4) is 44.5 Å². The first-order valence-electron chi connectivity index (χ1n) is 23.9. The van der Waals surface area contributed by atoms with Crippen molar-refractivity contribution in [1.29, 1.82) is 0 Å². The van der Waals surface area contributed by atoms with Gasteiger partial charge in [-0.3, -0.25) is 0 Å². The van der Waals surface area contributed by atoms with E-state index in [1.165, 1.54) is 0 Å². The fourth-order valence-electron chi connectivity index (χ4n) is 10.3. The van der Waals surface area contributed by atoms with Crippen molar-refractivity contribution in [2.45, 2.75) is 13.8 Å². The number of nitrogens with zero attached hydrogens (tertiary/aromatic N) is 8. The van der Waals surface area contributed by atoms with Crippen molar-refractivity contribution < 1.29 is 35.3 Å². The van der Waals surface area contributed by atoms with E-state index in [9.17, 15) is 0 Å². The van der Waals surface area contributed by atoms with E-state index in [0.717, 1.165) is 133 Å². The van der Waals surface area contributed by atoms with E-state index in [1.54, 1.807) is 0 Å². The van der Waals surface area contributed by atoms with Crippen molar-refractivity contribution in [1.82, 2.24) is 19.9 Å². The van der Waals surface area contributed by atoms with Gasteiger partial charge < -0.3 is 9.97 Å². The van der Waals surface area contributed by atoms with E-state index < -0.39 is 0 Å². The van der Waals surface area contributed by atoms with Crippen LogP contribution >= 0.6 is 0 Å². The Morgan fingerprint density at radius 1 is 0.324 bits per heavy atom. The fraction of sp³-hybridized carbons (Fsp3) is 0.0968. The number of pyridine rings is 4. The third kappa shape index (κ3) is 7.80. The maximum Gasteiger partial charge on any atom is 2.00 e. The molecule has 0 saturated carbocycles. The van der Waals surface area contributed by atoms with E-state index >= 15 is 0 Å². The molecule has 7 aromatic heterocycles. The Kier molecular flexibility index (Phi) is 11.6. The molecule has 13 rings (SSSR count). The molecule has 9 heterocycles. The van der Waals surface area contributed by atoms with Gasteiger partial charge in [0.25, 0.3) is 0 Å². The summed E-state index contributed by atoms with van der Waals surface area (Å²) >= 11 is 0. The van der Waals surface area contributed by atoms with E-state index in [-0.39, 0.29) is 17.1 Å². The van der Waals surface area contributed by atoms with Crippen LogP contribution in [0, 0.1) is 0 Å². The molecule has 71 heavy (non-hydrogen) atoms. The van der Waals surface area contributed by atoms with Gasteiger partial charge in [0.2, 0.25) is 22.1 Å². The standard InChI is InChI=1S/C60H44N8.C2H6.Cu/c1-65-29-6-10-38-33-41(15-26-53(38)65)57-45-18-20-47(61-45)58(42-16-27-54-39(34-42)11-7-30-66(54)2)49-22-24-51(63-49)60(44-14-13-37-9-5-32-68(4)56(37)36-44)52-25-23-50(64-52)59(48-21-19-46(57)62-48)43-17-28-55-40(35-43)12-8-31-67(55)3;1-2;/h5-36H,1-4H3;1-2H3;/q+2;;+2. The minimum atomic E-state index is 0. The predicted octanol–water partition coefficient (Wildman–Crippen LogP) is 11.5. The van der Waals surface area contributed by atoms with Crippen LogP contribution in [-0.2, 0) is 45.3 Å². The van der Waals surface area contributed by atoms with Crippen molar-refractivity contribution in [3.63, 3.8) is 0 Å². The summed E-state index contributed by atoms with van der Waals surface area (Å²) in [5, 5.41) is 4.56. The zero-order chi connectivity index (χ0) is 47.6. The maximum atomic E-state index is 5.58. The van der Waals surface area contributed by atoms with Crippen molar-refractivity contribution in [3.05, 3.63) is 193 Å². The van der Waals surface area contributed by atoms with Gasteiger partial charge in [0.05, 0.1) is 22.8 Å². The Morgan fingerprint density at radius 3 is 0.972 bits per heavy atom. The van der Waals surface area contributed by atoms with Gasteiger partial charge in [-0.25, -0.2) is 28.2 Å². The molecule has 9 heteroatoms. The van der Waals surface area contributed by atoms with Gasteiger partial charge in [-0.05, 0) is 136 Å². The zero-order valence-electron chi connectivity index (χ0n) is 40.4. The quantitative estimate of drug-likeness (QED) is 0.130. The molecule has 345 valence electrons. The van der Waals surface area contributed by atoms with Crippen LogP contribution in [0.5, 0.6) is 0 Å². The Morgan fingerprint density at radius 2 is 0.620 bits per heavy atom. The summed E-state index contributed by atoms with van der Waals surface area (Å²) in [5.41, 5.74) is 19.1. The van der Waals surface area contributed by atoms with Gasteiger partial charge in [-0.15, -0.1) is 22.1 Å². The van der Waals surface area contributed by atoms with Crippen molar-refractivity contribution in [2.75, 3.05) is 0 Å². The molecule has 8 nitrogen and oxygen atoms in total. The summed E-state index contributed by atoms with van der Waals surface area (Å²) in [5.74, 6) is 0. The first-order chi connectivity index (χ1) is 34.3. The molecule has 0 fully saturated rings. The number of aryl methyl sites for hydroxylation is 4. The Hall–Kier alpha value is -8.36. The van der Waals surface area contributed by atoms with Crippen molar-refractivity contribution in [2.24, 2.45) is 28.2 Å². The van der Waals surface area contributed by atoms with E-state index in [4.69, 9.17) is 19.9 Å². The molecule has 2 aliphatic heterocycles. The summed E-state index contributed by atoms with van der Waals surface area (Å²) in [7, 11) is 8.34. The first-order valence-corrected chi connectivity index (χ1v) is 23.9. The Balaban J connectivity index is 0.00000180. The van der Waals surface area contributed by atoms with E-state index in [2.05, 4.69) is 241 Å². The number of fused-ring (bicyclic) bond motifs is 12. The largest absolute Gasteiger partial charge is 2.00 e. The van der Waals surface area contributed by atoms with Gasteiger partial charge >= 0.3 is 17.1 Å². The second-order valence-electron chi connectivity index (χ2n) is 17.9. The molecule has 4 aromatic carbocycles. The van der Waals surface area contributed by atoms with Gasteiger partial charge in [0.1, 0.15) is 28.2 Å². The minimum absolute atomic E-state index is 0. The van der Waals surface area contributed by atoms with Gasteiger partial charge in [0.15, 0.2) is 24.8 Å². The summed E-state index contributed by atoms with van der Waals surface area (Å²) in [6, 6.07) is 52.2. The molecule has 2 aliphatic rings. The van der Waals surface area contributed by atoms with Crippen LogP contribution in [0.4, 0.5) is 0 Å². The van der Waals surface area contributed by atoms with Crippen LogP contribution in [0.25, 0.3) is 134 Å². The number of hydrogen-bond donors (Lipinski definition) is 0. The second kappa shape index (κ2) is 18.2. The molecule has 1 radical (unpaired) electrons. The molecule has 0 spiro atoms. The molecule has 11 aromatic rings. The topological polar surface area (TPSA) is 69.5 Å². The normalized spacial score (nSPS) is 11.9. The van der Waals surface area contributed by atoms with E-state index in [1.807, 2.05) is 13.8 Å². The SMILES string of the molecule is CC.C[n+]1cccc2cc(-c3c4nc(c(-c5ccc6c(ccc[n+]6C)c5)c5ccc([n-]5)c(-c5ccc6ccc[n+](C)c6c5)c5nc(c(-c6ccc7c(ccc[n+]7C)c6)c6ccc3[n-]6)C=C5)C=C4)ccc21.[Cu+2]. The van der Waals surface area contributed by atoms with Crippen LogP contribution in [0.15, 0.2) is 170 Å². The summed E-state index contributed by atoms with van der Waals surface area (Å²) < 4.78 is 8.63. The fourth-order valence-corrected chi connectivity index (χ4v) is 10.3. The van der Waals surface area contributed by atoms with E-state index in [0.29, 0.717) is 0 Å². The van der Waals surface area contributed by atoms with Gasteiger partial charge in [0, 0.05) is 70.1 Å². The Bertz CT molecular complexity index is 4130. The average Bonchev–Trinajstić information content (AvgIpc) is 4.24. The monoisotopic (exact) mass is 969 g/mol. The molecule has 0 N–H and O–H groups in total. The number of hydrogen-bond acceptors (Lipinski definition) is 2. The van der Waals surface area contributed by atoms with Crippen LogP contribution in [0.3, 0.4) is 0 Å². The minimum Gasteiger partial charge on any atom is -0.657 e. The molecular weight excluding hydrogens is 920 g/mol. The first kappa shape index (κ1) is 45.1.